The molecule has 0 aromatic heterocycles. The standard InChI is InChI=1S/C12H18ClN3O4S.ClH/c1-3-4-14-5-6-15-21(19,20)11-8-9(2)7-10(12(11)13)16(17)18;/h7-8,14-15H,3-6H2,1-2H3;1H. The van der Waals surface area contributed by atoms with Crippen LogP contribution >= 0.6 is 24.0 Å². The lowest BCUT2D eigenvalue weighted by Crippen LogP contribution is -2.32. The van der Waals surface area contributed by atoms with Crippen LogP contribution in [-0.2, 0) is 10.0 Å². The van der Waals surface area contributed by atoms with Crippen molar-refractivity contribution in [1.29, 1.82) is 0 Å². The summed E-state index contributed by atoms with van der Waals surface area (Å²) < 4.78 is 26.7. The maximum Gasteiger partial charge on any atom is 0.289 e. The molecule has 1 aromatic carbocycles. The van der Waals surface area contributed by atoms with Gasteiger partial charge in [0.1, 0.15) is 9.92 Å². The monoisotopic (exact) mass is 371 g/mol. The number of sulfonamides is 1. The molecule has 2 N–H and O–H groups in total. The summed E-state index contributed by atoms with van der Waals surface area (Å²) >= 11 is 5.85. The molecule has 22 heavy (non-hydrogen) atoms. The van der Waals surface area contributed by atoms with E-state index >= 15 is 0 Å². The van der Waals surface area contributed by atoms with Gasteiger partial charge in [-0.15, -0.1) is 12.4 Å². The third-order valence-electron chi connectivity index (χ3n) is 2.67. The number of nitro groups is 1. The Kier molecular flexibility index (Phi) is 8.87. The van der Waals surface area contributed by atoms with Crippen LogP contribution in [0.4, 0.5) is 5.69 Å². The number of hydrogen-bond acceptors (Lipinski definition) is 5. The zero-order chi connectivity index (χ0) is 16.0. The van der Waals surface area contributed by atoms with Gasteiger partial charge in [-0.1, -0.05) is 18.5 Å². The van der Waals surface area contributed by atoms with E-state index < -0.39 is 20.6 Å². The number of nitrogens with zero attached hydrogens (tertiary/aromatic N) is 1. The summed E-state index contributed by atoms with van der Waals surface area (Å²) in [5, 5.41) is 13.6. The van der Waals surface area contributed by atoms with Crippen LogP contribution in [0, 0.1) is 17.0 Å². The number of aryl methyl sites for hydroxylation is 1. The van der Waals surface area contributed by atoms with E-state index in [4.69, 9.17) is 11.6 Å². The van der Waals surface area contributed by atoms with Crippen molar-refractivity contribution in [3.05, 3.63) is 32.8 Å². The van der Waals surface area contributed by atoms with Crippen LogP contribution in [-0.4, -0.2) is 33.0 Å². The second-order valence-electron chi connectivity index (χ2n) is 4.50. The molecule has 0 radical (unpaired) electrons. The van der Waals surface area contributed by atoms with Crippen molar-refractivity contribution in [2.75, 3.05) is 19.6 Å². The highest BCUT2D eigenvalue weighted by molar-refractivity contribution is 7.89. The molecule has 10 heteroatoms. The molecule has 7 nitrogen and oxygen atoms in total. The molecule has 1 aromatic rings. The SMILES string of the molecule is CCCNCCNS(=O)(=O)c1cc(C)cc([N+](=O)[O-])c1Cl.Cl. The maximum absolute atomic E-state index is 12.2. The van der Waals surface area contributed by atoms with E-state index in [1.807, 2.05) is 6.92 Å². The summed E-state index contributed by atoms with van der Waals surface area (Å²) in [4.78, 5) is 9.91. The number of benzene rings is 1. The Balaban J connectivity index is 0.00000441. The molecule has 1 rings (SSSR count). The average Bonchev–Trinajstić information content (AvgIpc) is 2.40. The van der Waals surface area contributed by atoms with Crippen LogP contribution < -0.4 is 10.0 Å². The minimum atomic E-state index is -3.88. The van der Waals surface area contributed by atoms with Gasteiger partial charge in [0.25, 0.3) is 5.69 Å². The Labute approximate surface area is 141 Å². The van der Waals surface area contributed by atoms with Gasteiger partial charge in [0.2, 0.25) is 10.0 Å². The van der Waals surface area contributed by atoms with Gasteiger partial charge in [-0.25, -0.2) is 13.1 Å². The van der Waals surface area contributed by atoms with Crippen LogP contribution in [0.3, 0.4) is 0 Å². The fourth-order valence-electron chi connectivity index (χ4n) is 1.70. The minimum Gasteiger partial charge on any atom is -0.315 e. The highest BCUT2D eigenvalue weighted by atomic mass is 35.5. The quantitative estimate of drug-likeness (QED) is 0.414. The zero-order valence-electron chi connectivity index (χ0n) is 12.3. The Morgan fingerprint density at radius 1 is 1.27 bits per heavy atom. The number of nitro benzene ring substituents is 1. The number of nitrogens with one attached hydrogen (secondary N) is 2. The number of halogens is 2. The Morgan fingerprint density at radius 3 is 2.45 bits per heavy atom. The van der Waals surface area contributed by atoms with Crippen LogP contribution in [0.1, 0.15) is 18.9 Å². The van der Waals surface area contributed by atoms with Gasteiger partial charge < -0.3 is 5.32 Å². The molecule has 0 aliphatic rings. The summed E-state index contributed by atoms with van der Waals surface area (Å²) in [7, 11) is -3.88. The van der Waals surface area contributed by atoms with Crippen LogP contribution in [0.15, 0.2) is 17.0 Å². The van der Waals surface area contributed by atoms with Crippen molar-refractivity contribution < 1.29 is 13.3 Å². The van der Waals surface area contributed by atoms with Crippen LogP contribution in [0.25, 0.3) is 0 Å². The zero-order valence-corrected chi connectivity index (χ0v) is 14.6. The topological polar surface area (TPSA) is 101 Å². The van der Waals surface area contributed by atoms with E-state index in [2.05, 4.69) is 10.0 Å². The summed E-state index contributed by atoms with van der Waals surface area (Å²) in [6.45, 7) is 5.02. The molecule has 0 spiro atoms. The van der Waals surface area contributed by atoms with E-state index in [9.17, 15) is 18.5 Å². The van der Waals surface area contributed by atoms with Gasteiger partial charge >= 0.3 is 0 Å². The normalized spacial score (nSPS) is 11.0. The van der Waals surface area contributed by atoms with Gasteiger partial charge in [-0.3, -0.25) is 10.1 Å². The third kappa shape index (κ3) is 5.69. The molecular weight excluding hydrogens is 353 g/mol. The molecule has 0 unspecified atom stereocenters. The fourth-order valence-corrected chi connectivity index (χ4v) is 3.39. The van der Waals surface area contributed by atoms with Crippen molar-refractivity contribution >= 4 is 39.7 Å². The summed E-state index contributed by atoms with van der Waals surface area (Å²) in [5.74, 6) is 0. The van der Waals surface area contributed by atoms with E-state index in [1.54, 1.807) is 6.92 Å². The van der Waals surface area contributed by atoms with Crippen molar-refractivity contribution in [1.82, 2.24) is 10.0 Å². The smallest absolute Gasteiger partial charge is 0.289 e. The fraction of sp³-hybridized carbons (Fsp3) is 0.500. The van der Waals surface area contributed by atoms with Gasteiger partial charge in [0.05, 0.1) is 4.92 Å². The average molecular weight is 372 g/mol. The Morgan fingerprint density at radius 2 is 1.91 bits per heavy atom. The van der Waals surface area contributed by atoms with Gasteiger partial charge in [0, 0.05) is 19.2 Å². The molecule has 0 bridgehead atoms. The van der Waals surface area contributed by atoms with Crippen molar-refractivity contribution in [2.45, 2.75) is 25.2 Å². The second-order valence-corrected chi connectivity index (χ2v) is 6.61. The highest BCUT2D eigenvalue weighted by Crippen LogP contribution is 2.32. The first kappa shape index (κ1) is 21.1. The van der Waals surface area contributed by atoms with Crippen molar-refractivity contribution in [3.63, 3.8) is 0 Å². The summed E-state index contributed by atoms with van der Waals surface area (Å²) in [5.41, 5.74) is 0.0386. The van der Waals surface area contributed by atoms with Crippen molar-refractivity contribution in [3.8, 4) is 0 Å². The first-order valence-corrected chi connectivity index (χ1v) is 8.30. The van der Waals surface area contributed by atoms with Crippen LogP contribution in [0.2, 0.25) is 5.02 Å². The predicted octanol–water partition coefficient (Wildman–Crippen LogP) is 2.26. The first-order valence-electron chi connectivity index (χ1n) is 6.44. The van der Waals surface area contributed by atoms with Gasteiger partial charge in [0.15, 0.2) is 0 Å². The third-order valence-corrected chi connectivity index (χ3v) is 4.67. The first-order chi connectivity index (χ1) is 9.79. The molecule has 0 saturated heterocycles. The van der Waals surface area contributed by atoms with E-state index in [0.29, 0.717) is 12.1 Å². The highest BCUT2D eigenvalue weighted by Gasteiger charge is 2.25. The molecule has 0 heterocycles. The Bertz CT molecular complexity index is 623. The minimum absolute atomic E-state index is 0. The number of hydrogen-bond donors (Lipinski definition) is 2. The molecular formula is C12H19Cl2N3O4S. The lowest BCUT2D eigenvalue weighted by Gasteiger charge is -2.10. The number of rotatable bonds is 8. The molecule has 126 valence electrons. The summed E-state index contributed by atoms with van der Waals surface area (Å²) in [6, 6.07) is 2.56. The van der Waals surface area contributed by atoms with E-state index in [0.717, 1.165) is 13.0 Å². The lowest BCUT2D eigenvalue weighted by atomic mass is 10.2. The van der Waals surface area contributed by atoms with Crippen LogP contribution in [0.5, 0.6) is 0 Å². The Hall–Kier alpha value is -0.930. The largest absolute Gasteiger partial charge is 0.315 e. The van der Waals surface area contributed by atoms with Gasteiger partial charge in [-0.05, 0) is 31.5 Å². The molecule has 0 fully saturated rings. The van der Waals surface area contributed by atoms with Gasteiger partial charge in [-0.2, -0.15) is 0 Å². The second kappa shape index (κ2) is 9.26. The van der Waals surface area contributed by atoms with E-state index in [-0.39, 0.29) is 28.9 Å². The molecule has 0 atom stereocenters. The lowest BCUT2D eigenvalue weighted by molar-refractivity contribution is -0.385. The maximum atomic E-state index is 12.2. The molecule has 0 saturated carbocycles. The van der Waals surface area contributed by atoms with E-state index in [1.165, 1.54) is 12.1 Å². The predicted molar refractivity (Wildman–Crippen MR) is 88.4 cm³/mol. The summed E-state index contributed by atoms with van der Waals surface area (Å²) in [6.07, 6.45) is 0.947. The molecule has 0 amide bonds. The van der Waals surface area contributed by atoms with Crippen molar-refractivity contribution in [2.24, 2.45) is 0 Å². The molecule has 0 aliphatic heterocycles. The molecule has 0 aliphatic carbocycles.